The van der Waals surface area contributed by atoms with Gasteiger partial charge in [-0.2, -0.15) is 0 Å². The summed E-state index contributed by atoms with van der Waals surface area (Å²) < 4.78 is 5.74. The molecule has 0 aliphatic carbocycles. The number of carbonyl (C=O) groups excluding carboxylic acids is 1. The van der Waals surface area contributed by atoms with E-state index in [0.29, 0.717) is 25.6 Å². The van der Waals surface area contributed by atoms with Gasteiger partial charge in [0.15, 0.2) is 5.96 Å². The van der Waals surface area contributed by atoms with Gasteiger partial charge in [-0.25, -0.2) is 0 Å². The highest BCUT2D eigenvalue weighted by atomic mass is 127. The molecular formula is C16H25IN4O2. The van der Waals surface area contributed by atoms with Crippen molar-refractivity contribution in [2.75, 3.05) is 25.5 Å². The molecule has 1 aromatic carbocycles. The van der Waals surface area contributed by atoms with Crippen LogP contribution in [0.5, 0.6) is 5.75 Å². The molecule has 1 amide bonds. The third kappa shape index (κ3) is 6.25. The fourth-order valence-corrected chi connectivity index (χ4v) is 2.26. The molecule has 6 nitrogen and oxygen atoms in total. The van der Waals surface area contributed by atoms with Gasteiger partial charge in [-0.1, -0.05) is 0 Å². The fraction of sp³-hybridized carbons (Fsp3) is 0.500. The first-order chi connectivity index (χ1) is 10.6. The minimum Gasteiger partial charge on any atom is -0.492 e. The summed E-state index contributed by atoms with van der Waals surface area (Å²) in [5.41, 5.74) is 2.02. The number of fused-ring (bicyclic) bond motifs is 1. The largest absolute Gasteiger partial charge is 0.492 e. The second-order valence-electron chi connectivity index (χ2n) is 5.51. The number of hydrogen-bond donors (Lipinski definition) is 3. The number of aliphatic imine (C=N–C) groups is 1. The molecule has 0 aromatic heterocycles. The van der Waals surface area contributed by atoms with Crippen LogP contribution in [0.4, 0.5) is 5.69 Å². The summed E-state index contributed by atoms with van der Waals surface area (Å²) in [6.07, 6.45) is 1.30. The number of halogens is 1. The number of carbonyl (C=O) groups is 1. The average Bonchev–Trinajstić information content (AvgIpc) is 2.50. The van der Waals surface area contributed by atoms with E-state index in [1.165, 1.54) is 0 Å². The molecule has 3 N–H and O–H groups in total. The number of nitrogens with one attached hydrogen (secondary N) is 3. The lowest BCUT2D eigenvalue weighted by Gasteiger charge is -2.18. The topological polar surface area (TPSA) is 74.8 Å². The number of anilines is 1. The predicted octanol–water partition coefficient (Wildman–Crippen LogP) is 2.14. The number of amides is 1. The van der Waals surface area contributed by atoms with Gasteiger partial charge >= 0.3 is 0 Å². The monoisotopic (exact) mass is 432 g/mol. The van der Waals surface area contributed by atoms with Crippen molar-refractivity contribution in [3.05, 3.63) is 23.8 Å². The maximum absolute atomic E-state index is 11.3. The quantitative estimate of drug-likeness (QED) is 0.289. The first-order valence-corrected chi connectivity index (χ1v) is 7.61. The van der Waals surface area contributed by atoms with Gasteiger partial charge in [0.05, 0.1) is 6.54 Å². The summed E-state index contributed by atoms with van der Waals surface area (Å²) in [6, 6.07) is 6.11. The molecule has 0 bridgehead atoms. The molecule has 2 rings (SSSR count). The molecule has 0 fully saturated rings. The van der Waals surface area contributed by atoms with Gasteiger partial charge < -0.3 is 20.7 Å². The minimum absolute atomic E-state index is 0. The van der Waals surface area contributed by atoms with E-state index in [2.05, 4.69) is 34.8 Å². The standard InChI is InChI=1S/C16H24N4O2.HI/c1-11(2)19-16(17-3)18-8-9-22-13-5-6-14-12(10-13)4-7-15(21)20-14;/h5-6,10-11H,4,7-9H2,1-3H3,(H,20,21)(H2,17,18,19);1H. The number of hydrogen-bond acceptors (Lipinski definition) is 3. The van der Waals surface area contributed by atoms with Crippen LogP contribution in [0.2, 0.25) is 0 Å². The molecule has 0 spiro atoms. The molecule has 23 heavy (non-hydrogen) atoms. The third-order valence-corrected chi connectivity index (χ3v) is 3.28. The van der Waals surface area contributed by atoms with Crippen LogP contribution in [0.25, 0.3) is 0 Å². The van der Waals surface area contributed by atoms with Crippen molar-refractivity contribution in [3.8, 4) is 5.75 Å². The molecule has 7 heteroatoms. The first-order valence-electron chi connectivity index (χ1n) is 7.61. The maximum Gasteiger partial charge on any atom is 0.224 e. The van der Waals surface area contributed by atoms with Crippen LogP contribution < -0.4 is 20.7 Å². The Morgan fingerprint density at radius 3 is 2.87 bits per heavy atom. The Morgan fingerprint density at radius 2 is 2.17 bits per heavy atom. The SMILES string of the molecule is CN=C(NCCOc1ccc2c(c1)CCC(=O)N2)NC(C)C.I. The highest BCUT2D eigenvalue weighted by Crippen LogP contribution is 2.26. The Bertz CT molecular complexity index is 561. The minimum atomic E-state index is 0. The fourth-order valence-electron chi connectivity index (χ4n) is 2.26. The second kappa shape index (κ2) is 9.59. The predicted molar refractivity (Wildman–Crippen MR) is 104 cm³/mol. The van der Waals surface area contributed by atoms with Gasteiger partial charge in [0.2, 0.25) is 5.91 Å². The summed E-state index contributed by atoms with van der Waals surface area (Å²) in [4.78, 5) is 15.5. The molecule has 1 aromatic rings. The van der Waals surface area contributed by atoms with E-state index in [1.807, 2.05) is 18.2 Å². The third-order valence-electron chi connectivity index (χ3n) is 3.28. The number of benzene rings is 1. The van der Waals surface area contributed by atoms with E-state index in [4.69, 9.17) is 4.74 Å². The Hall–Kier alpha value is -1.51. The van der Waals surface area contributed by atoms with Crippen LogP contribution in [0, 0.1) is 0 Å². The Morgan fingerprint density at radius 1 is 1.39 bits per heavy atom. The smallest absolute Gasteiger partial charge is 0.224 e. The van der Waals surface area contributed by atoms with Crippen molar-refractivity contribution >= 4 is 41.5 Å². The van der Waals surface area contributed by atoms with E-state index in [9.17, 15) is 4.79 Å². The molecule has 0 saturated heterocycles. The number of rotatable bonds is 5. The summed E-state index contributed by atoms with van der Waals surface area (Å²) in [6.45, 7) is 5.34. The van der Waals surface area contributed by atoms with Gasteiger partial charge in [0.25, 0.3) is 0 Å². The van der Waals surface area contributed by atoms with Crippen LogP contribution in [-0.4, -0.2) is 38.1 Å². The van der Waals surface area contributed by atoms with Gasteiger partial charge in [0, 0.05) is 25.2 Å². The first kappa shape index (κ1) is 19.5. The molecule has 128 valence electrons. The van der Waals surface area contributed by atoms with Crippen LogP contribution in [-0.2, 0) is 11.2 Å². The Kier molecular flexibility index (Phi) is 8.15. The molecule has 0 saturated carbocycles. The van der Waals surface area contributed by atoms with E-state index < -0.39 is 0 Å². The molecule has 0 atom stereocenters. The van der Waals surface area contributed by atoms with E-state index in [1.54, 1.807) is 7.05 Å². The zero-order chi connectivity index (χ0) is 15.9. The molecule has 1 aliphatic heterocycles. The molecule has 0 unspecified atom stereocenters. The summed E-state index contributed by atoms with van der Waals surface area (Å²) in [5, 5.41) is 9.28. The van der Waals surface area contributed by atoms with Crippen molar-refractivity contribution in [1.82, 2.24) is 10.6 Å². The van der Waals surface area contributed by atoms with Crippen LogP contribution in [0.1, 0.15) is 25.8 Å². The molecule has 0 radical (unpaired) electrons. The molecule has 1 heterocycles. The van der Waals surface area contributed by atoms with Crippen molar-refractivity contribution in [2.45, 2.75) is 32.7 Å². The summed E-state index contributed by atoms with van der Waals surface area (Å²) in [7, 11) is 1.75. The number of ether oxygens (including phenoxy) is 1. The van der Waals surface area contributed by atoms with E-state index in [-0.39, 0.29) is 29.9 Å². The maximum atomic E-state index is 11.3. The summed E-state index contributed by atoms with van der Waals surface area (Å²) in [5.74, 6) is 1.67. The lowest BCUT2D eigenvalue weighted by molar-refractivity contribution is -0.116. The van der Waals surface area contributed by atoms with Gasteiger partial charge in [-0.05, 0) is 44.0 Å². The second-order valence-corrected chi connectivity index (χ2v) is 5.51. The van der Waals surface area contributed by atoms with Gasteiger partial charge in [-0.15, -0.1) is 24.0 Å². The van der Waals surface area contributed by atoms with Gasteiger partial charge in [-0.3, -0.25) is 9.79 Å². The lowest BCUT2D eigenvalue weighted by Crippen LogP contribution is -2.42. The van der Waals surface area contributed by atoms with Crippen molar-refractivity contribution in [1.29, 1.82) is 0 Å². The number of guanidine groups is 1. The highest BCUT2D eigenvalue weighted by Gasteiger charge is 2.14. The van der Waals surface area contributed by atoms with Crippen molar-refractivity contribution < 1.29 is 9.53 Å². The molecule has 1 aliphatic rings. The van der Waals surface area contributed by atoms with E-state index >= 15 is 0 Å². The van der Waals surface area contributed by atoms with E-state index in [0.717, 1.165) is 29.4 Å². The van der Waals surface area contributed by atoms with Gasteiger partial charge in [0.1, 0.15) is 12.4 Å². The van der Waals surface area contributed by atoms with Crippen LogP contribution in [0.15, 0.2) is 23.2 Å². The van der Waals surface area contributed by atoms with Crippen LogP contribution in [0.3, 0.4) is 0 Å². The molecular weight excluding hydrogens is 407 g/mol. The normalized spacial score (nSPS) is 13.7. The number of aryl methyl sites for hydroxylation is 1. The van der Waals surface area contributed by atoms with Crippen LogP contribution >= 0.6 is 24.0 Å². The zero-order valence-corrected chi connectivity index (χ0v) is 16.1. The zero-order valence-electron chi connectivity index (χ0n) is 13.8. The average molecular weight is 432 g/mol. The Balaban J connectivity index is 0.00000264. The lowest BCUT2D eigenvalue weighted by atomic mass is 10.0. The van der Waals surface area contributed by atoms with Crippen molar-refractivity contribution in [2.24, 2.45) is 4.99 Å². The highest BCUT2D eigenvalue weighted by molar-refractivity contribution is 14.0. The number of nitrogens with zero attached hydrogens (tertiary/aromatic N) is 1. The summed E-state index contributed by atoms with van der Waals surface area (Å²) >= 11 is 0. The Labute approximate surface area is 154 Å². The van der Waals surface area contributed by atoms with Crippen molar-refractivity contribution in [3.63, 3.8) is 0 Å².